The maximum Gasteiger partial charge on any atom is 0.193 e. The van der Waals surface area contributed by atoms with E-state index in [4.69, 9.17) is 0 Å². The summed E-state index contributed by atoms with van der Waals surface area (Å²) in [7, 11) is -7.03. The van der Waals surface area contributed by atoms with Crippen LogP contribution in [-0.4, -0.2) is 70.7 Å². The first-order valence-corrected chi connectivity index (χ1v) is 14.0. The number of aryl methyl sites for hydroxylation is 1. The summed E-state index contributed by atoms with van der Waals surface area (Å²) in [5.41, 5.74) is 3.70. The summed E-state index contributed by atoms with van der Waals surface area (Å²) in [6.07, 6.45) is 0. The first-order chi connectivity index (χ1) is 13.7. The van der Waals surface area contributed by atoms with Gasteiger partial charge in [-0.3, -0.25) is 4.90 Å². The molecular formula is C20H26N2O4S3. The van der Waals surface area contributed by atoms with Crippen LogP contribution in [0.15, 0.2) is 39.9 Å². The van der Waals surface area contributed by atoms with Crippen molar-refractivity contribution < 1.29 is 16.8 Å². The van der Waals surface area contributed by atoms with Gasteiger partial charge in [0.2, 0.25) is 0 Å². The average Bonchev–Trinajstić information content (AvgIpc) is 3.33. The Kier molecular flexibility index (Phi) is 5.52. The minimum Gasteiger partial charge on any atom is -0.369 e. The third-order valence-electron chi connectivity index (χ3n) is 6.15. The maximum atomic E-state index is 13.1. The lowest BCUT2D eigenvalue weighted by molar-refractivity contribution is 0.201. The normalized spacial score (nSPS) is 25.4. The van der Waals surface area contributed by atoms with Crippen LogP contribution in [0, 0.1) is 13.8 Å². The summed E-state index contributed by atoms with van der Waals surface area (Å²) < 4.78 is 51.2. The molecule has 4 rings (SSSR count). The summed E-state index contributed by atoms with van der Waals surface area (Å²) in [5.74, 6) is -0.360. The molecule has 29 heavy (non-hydrogen) atoms. The molecule has 3 heterocycles. The van der Waals surface area contributed by atoms with E-state index in [1.165, 1.54) is 16.8 Å². The highest BCUT2D eigenvalue weighted by molar-refractivity contribution is 7.97. The minimum absolute atomic E-state index is 0.0776. The van der Waals surface area contributed by atoms with Gasteiger partial charge in [-0.1, -0.05) is 18.2 Å². The molecule has 1 aromatic carbocycles. The Balaban J connectivity index is 1.54. The fourth-order valence-corrected chi connectivity index (χ4v) is 10.4. The van der Waals surface area contributed by atoms with Crippen molar-refractivity contribution in [2.45, 2.75) is 29.3 Å². The molecule has 9 heteroatoms. The molecule has 2 aliphatic rings. The number of anilines is 1. The van der Waals surface area contributed by atoms with E-state index in [1.807, 2.05) is 0 Å². The van der Waals surface area contributed by atoms with Crippen molar-refractivity contribution in [3.8, 4) is 0 Å². The van der Waals surface area contributed by atoms with Crippen LogP contribution in [-0.2, 0) is 19.7 Å². The van der Waals surface area contributed by atoms with E-state index in [9.17, 15) is 16.8 Å². The molecule has 0 aliphatic carbocycles. The number of sulfone groups is 2. The minimum atomic E-state index is -3.66. The molecule has 0 amide bonds. The highest BCUT2D eigenvalue weighted by Crippen LogP contribution is 2.32. The Bertz CT molecular complexity index is 1090. The van der Waals surface area contributed by atoms with Crippen molar-refractivity contribution in [1.82, 2.24) is 4.90 Å². The van der Waals surface area contributed by atoms with Gasteiger partial charge in [-0.25, -0.2) is 16.8 Å². The molecule has 0 N–H and O–H groups in total. The lowest BCUT2D eigenvalue weighted by Crippen LogP contribution is -2.55. The Morgan fingerprint density at radius 3 is 2.38 bits per heavy atom. The highest BCUT2D eigenvalue weighted by atomic mass is 32.2. The van der Waals surface area contributed by atoms with Crippen LogP contribution in [0.1, 0.15) is 11.1 Å². The molecule has 0 spiro atoms. The first-order valence-electron chi connectivity index (χ1n) is 9.72. The van der Waals surface area contributed by atoms with Crippen molar-refractivity contribution in [1.29, 1.82) is 0 Å². The molecule has 2 aromatic rings. The predicted octanol–water partition coefficient (Wildman–Crippen LogP) is 2.13. The molecule has 0 saturated carbocycles. The predicted molar refractivity (Wildman–Crippen MR) is 117 cm³/mol. The van der Waals surface area contributed by atoms with Gasteiger partial charge in [-0.2, -0.15) is 0 Å². The number of piperazine rings is 1. The summed E-state index contributed by atoms with van der Waals surface area (Å²) in [6, 6.07) is 9.05. The van der Waals surface area contributed by atoms with Crippen molar-refractivity contribution in [2.75, 3.05) is 42.6 Å². The topological polar surface area (TPSA) is 74.8 Å². The van der Waals surface area contributed by atoms with Gasteiger partial charge in [0.05, 0.1) is 16.8 Å². The second kappa shape index (κ2) is 7.68. The summed E-state index contributed by atoms with van der Waals surface area (Å²) in [4.78, 5) is 4.38. The zero-order valence-electron chi connectivity index (χ0n) is 16.6. The first kappa shape index (κ1) is 20.8. The lowest BCUT2D eigenvalue weighted by atomic mass is 10.1. The Morgan fingerprint density at radius 2 is 1.72 bits per heavy atom. The Morgan fingerprint density at radius 1 is 1.00 bits per heavy atom. The zero-order valence-corrected chi connectivity index (χ0v) is 19.1. The van der Waals surface area contributed by atoms with E-state index in [1.54, 1.807) is 17.5 Å². The van der Waals surface area contributed by atoms with Crippen LogP contribution in [0.2, 0.25) is 0 Å². The third-order valence-corrected chi connectivity index (χ3v) is 11.7. The maximum absolute atomic E-state index is 13.1. The monoisotopic (exact) mass is 454 g/mol. The van der Waals surface area contributed by atoms with Crippen LogP contribution in [0.4, 0.5) is 5.69 Å². The van der Waals surface area contributed by atoms with Gasteiger partial charge < -0.3 is 4.90 Å². The van der Waals surface area contributed by atoms with E-state index in [-0.39, 0.29) is 15.7 Å². The molecule has 0 bridgehead atoms. The molecule has 158 valence electrons. The second-order valence-corrected chi connectivity index (χ2v) is 13.4. The van der Waals surface area contributed by atoms with E-state index in [0.717, 1.165) is 24.4 Å². The molecule has 6 nitrogen and oxygen atoms in total. The molecule has 0 radical (unpaired) electrons. The van der Waals surface area contributed by atoms with Crippen molar-refractivity contribution in [3.63, 3.8) is 0 Å². The van der Waals surface area contributed by atoms with Crippen molar-refractivity contribution >= 4 is 36.7 Å². The quantitative estimate of drug-likeness (QED) is 0.705. The number of benzene rings is 1. The van der Waals surface area contributed by atoms with Gasteiger partial charge in [0, 0.05) is 37.9 Å². The van der Waals surface area contributed by atoms with Gasteiger partial charge in [0.1, 0.15) is 4.21 Å². The number of thiophene rings is 1. The van der Waals surface area contributed by atoms with Crippen molar-refractivity contribution in [3.05, 3.63) is 46.8 Å². The molecular weight excluding hydrogens is 428 g/mol. The fraction of sp³-hybridized carbons (Fsp3) is 0.500. The Hall–Kier alpha value is -1.42. The highest BCUT2D eigenvalue weighted by Gasteiger charge is 2.48. The van der Waals surface area contributed by atoms with E-state index in [0.29, 0.717) is 13.1 Å². The number of nitrogens with zero attached hydrogens (tertiary/aromatic N) is 2. The third kappa shape index (κ3) is 3.97. The van der Waals surface area contributed by atoms with Crippen LogP contribution < -0.4 is 4.90 Å². The zero-order chi connectivity index (χ0) is 20.8. The molecule has 2 fully saturated rings. The number of hydrogen-bond acceptors (Lipinski definition) is 7. The van der Waals surface area contributed by atoms with Crippen LogP contribution in [0.3, 0.4) is 0 Å². The molecule has 2 saturated heterocycles. The molecule has 2 unspecified atom stereocenters. The van der Waals surface area contributed by atoms with Gasteiger partial charge >= 0.3 is 0 Å². The lowest BCUT2D eigenvalue weighted by Gasteiger charge is -2.40. The second-order valence-electron chi connectivity index (χ2n) is 7.90. The van der Waals surface area contributed by atoms with Gasteiger partial charge in [-0.15, -0.1) is 11.3 Å². The number of hydrogen-bond donors (Lipinski definition) is 0. The van der Waals surface area contributed by atoms with E-state index < -0.39 is 31.0 Å². The van der Waals surface area contributed by atoms with E-state index in [2.05, 4.69) is 41.8 Å². The van der Waals surface area contributed by atoms with Gasteiger partial charge in [0.25, 0.3) is 0 Å². The largest absolute Gasteiger partial charge is 0.369 e. The summed E-state index contributed by atoms with van der Waals surface area (Å²) in [6.45, 7) is 7.04. The summed E-state index contributed by atoms with van der Waals surface area (Å²) in [5, 5.41) is 0.826. The molecule has 2 atom stereocenters. The number of rotatable bonds is 4. The van der Waals surface area contributed by atoms with Gasteiger partial charge in [-0.05, 0) is 42.5 Å². The smallest absolute Gasteiger partial charge is 0.193 e. The van der Waals surface area contributed by atoms with Crippen LogP contribution >= 0.6 is 11.3 Å². The van der Waals surface area contributed by atoms with Gasteiger partial charge in [0.15, 0.2) is 19.7 Å². The Labute approximate surface area is 177 Å². The van der Waals surface area contributed by atoms with Crippen molar-refractivity contribution in [2.24, 2.45) is 0 Å². The average molecular weight is 455 g/mol. The van der Waals surface area contributed by atoms with Crippen LogP contribution in [0.25, 0.3) is 0 Å². The molecule has 1 aromatic heterocycles. The standard InChI is InChI=1S/C20H26N2O4S3/c1-15-5-3-6-17(16(15)2)21-8-10-22(11-9-21)18-13-28(23,24)14-19(18)29(25,26)20-7-4-12-27-20/h3-7,12,18-19H,8-11,13-14H2,1-2H3. The summed E-state index contributed by atoms with van der Waals surface area (Å²) >= 11 is 1.16. The fourth-order valence-electron chi connectivity index (χ4n) is 4.38. The van der Waals surface area contributed by atoms with E-state index >= 15 is 0 Å². The molecule has 2 aliphatic heterocycles. The van der Waals surface area contributed by atoms with Crippen LogP contribution in [0.5, 0.6) is 0 Å². The SMILES string of the molecule is Cc1cccc(N2CCN(C3CS(=O)(=O)CC3S(=O)(=O)c3cccs3)CC2)c1C.